The van der Waals surface area contributed by atoms with Crippen molar-refractivity contribution in [2.45, 2.75) is 13.0 Å². The van der Waals surface area contributed by atoms with Crippen LogP contribution in [0.1, 0.15) is 6.92 Å². The fourth-order valence-electron chi connectivity index (χ4n) is 1.15. The Morgan fingerprint density at radius 1 is 1.38 bits per heavy atom. The van der Waals surface area contributed by atoms with Crippen LogP contribution < -0.4 is 0 Å². The molecule has 1 heterocycles. The quantitative estimate of drug-likeness (QED) is 0.586. The van der Waals surface area contributed by atoms with Gasteiger partial charge in [-0.1, -0.05) is 16.8 Å². The smallest absolute Gasteiger partial charge is 0.315 e. The van der Waals surface area contributed by atoms with Crippen LogP contribution in [-0.4, -0.2) is 17.7 Å². The van der Waals surface area contributed by atoms with E-state index in [0.29, 0.717) is 16.4 Å². The highest BCUT2D eigenvalue weighted by atomic mass is 35.5. The van der Waals surface area contributed by atoms with E-state index in [-0.39, 0.29) is 0 Å². The zero-order valence-electron chi connectivity index (χ0n) is 8.42. The van der Waals surface area contributed by atoms with Crippen molar-refractivity contribution in [3.8, 4) is 0 Å². The monoisotopic (exact) mass is 237 g/mol. The van der Waals surface area contributed by atoms with Crippen LogP contribution in [0.4, 0.5) is 5.69 Å². The van der Waals surface area contributed by atoms with E-state index in [0.717, 1.165) is 0 Å². The lowest BCUT2D eigenvalue weighted by Crippen LogP contribution is -2.19. The van der Waals surface area contributed by atoms with Crippen molar-refractivity contribution in [1.82, 2.24) is 0 Å². The Balaban J connectivity index is 2.12. The zero-order chi connectivity index (χ0) is 11.5. The van der Waals surface area contributed by atoms with Gasteiger partial charge >= 0.3 is 5.97 Å². The van der Waals surface area contributed by atoms with Crippen LogP contribution in [0.2, 0.25) is 5.02 Å². The van der Waals surface area contributed by atoms with Gasteiger partial charge in [-0.3, -0.25) is 0 Å². The van der Waals surface area contributed by atoms with Gasteiger partial charge in [0.05, 0.1) is 11.4 Å². The maximum absolute atomic E-state index is 11.1. The molecule has 1 aromatic carbocycles. The minimum atomic E-state index is -0.726. The molecule has 0 unspecified atom stereocenters. The molecule has 0 radical (unpaired) electrons. The number of benzene rings is 1. The van der Waals surface area contributed by atoms with Crippen LogP contribution in [0.5, 0.6) is 0 Å². The SMILES string of the molecule is CC1=NOC(=O)[C@H]1N=Nc1ccc(Cl)cc1. The summed E-state index contributed by atoms with van der Waals surface area (Å²) in [5.74, 6) is -0.504. The highest BCUT2D eigenvalue weighted by molar-refractivity contribution is 6.30. The molecule has 1 aromatic rings. The molecule has 6 heteroatoms. The second kappa shape index (κ2) is 4.40. The molecule has 0 N–H and O–H groups in total. The van der Waals surface area contributed by atoms with Crippen LogP contribution in [0, 0.1) is 0 Å². The average molecular weight is 238 g/mol. The summed E-state index contributed by atoms with van der Waals surface area (Å²) < 4.78 is 0. The molecule has 82 valence electrons. The third-order valence-corrected chi connectivity index (χ3v) is 2.27. The Morgan fingerprint density at radius 2 is 2.06 bits per heavy atom. The lowest BCUT2D eigenvalue weighted by molar-refractivity contribution is -0.141. The first-order valence-electron chi connectivity index (χ1n) is 4.58. The van der Waals surface area contributed by atoms with E-state index in [1.165, 1.54) is 0 Å². The number of carbonyl (C=O) groups excluding carboxylic acids is 1. The molecule has 2 rings (SSSR count). The summed E-state index contributed by atoms with van der Waals surface area (Å²) in [4.78, 5) is 15.6. The summed E-state index contributed by atoms with van der Waals surface area (Å²) in [6.07, 6.45) is 0. The van der Waals surface area contributed by atoms with Gasteiger partial charge in [0.25, 0.3) is 0 Å². The number of oxime groups is 1. The van der Waals surface area contributed by atoms with Crippen molar-refractivity contribution in [3.63, 3.8) is 0 Å². The van der Waals surface area contributed by atoms with E-state index in [4.69, 9.17) is 11.6 Å². The molecule has 0 saturated carbocycles. The second-order valence-electron chi connectivity index (χ2n) is 3.24. The summed E-state index contributed by atoms with van der Waals surface area (Å²) in [7, 11) is 0. The Bertz CT molecular complexity index is 467. The number of hydrogen-bond donors (Lipinski definition) is 0. The third-order valence-electron chi connectivity index (χ3n) is 2.01. The van der Waals surface area contributed by atoms with Gasteiger partial charge < -0.3 is 4.84 Å². The minimum absolute atomic E-state index is 0.503. The Kier molecular flexibility index (Phi) is 2.96. The molecule has 16 heavy (non-hydrogen) atoms. The molecule has 0 spiro atoms. The molecule has 0 aromatic heterocycles. The highest BCUT2D eigenvalue weighted by Crippen LogP contribution is 2.18. The van der Waals surface area contributed by atoms with Gasteiger partial charge in [-0.25, -0.2) is 4.79 Å². The van der Waals surface area contributed by atoms with Crippen LogP contribution >= 0.6 is 11.6 Å². The van der Waals surface area contributed by atoms with Crippen LogP contribution in [0.3, 0.4) is 0 Å². The van der Waals surface area contributed by atoms with Crippen molar-refractivity contribution in [1.29, 1.82) is 0 Å². The van der Waals surface area contributed by atoms with Crippen molar-refractivity contribution in [2.24, 2.45) is 15.4 Å². The maximum Gasteiger partial charge on any atom is 0.367 e. The second-order valence-corrected chi connectivity index (χ2v) is 3.67. The van der Waals surface area contributed by atoms with Gasteiger partial charge in [-0.05, 0) is 31.2 Å². The van der Waals surface area contributed by atoms with Crippen molar-refractivity contribution < 1.29 is 9.63 Å². The normalized spacial score (nSPS) is 20.0. The molecule has 0 aliphatic carbocycles. The lowest BCUT2D eigenvalue weighted by atomic mass is 10.2. The Morgan fingerprint density at radius 3 is 2.62 bits per heavy atom. The predicted octanol–water partition coefficient (Wildman–Crippen LogP) is 2.73. The van der Waals surface area contributed by atoms with E-state index in [2.05, 4.69) is 20.2 Å². The Hall–Kier alpha value is -1.75. The van der Waals surface area contributed by atoms with Gasteiger partial charge in [-0.15, -0.1) is 0 Å². The van der Waals surface area contributed by atoms with Crippen molar-refractivity contribution in [2.75, 3.05) is 0 Å². The number of rotatable bonds is 2. The van der Waals surface area contributed by atoms with Gasteiger partial charge in [-0.2, -0.15) is 10.2 Å². The van der Waals surface area contributed by atoms with Gasteiger partial charge in [0.2, 0.25) is 6.04 Å². The summed E-state index contributed by atoms with van der Waals surface area (Å²) in [5, 5.41) is 11.9. The average Bonchev–Trinajstić information content (AvgIpc) is 2.59. The van der Waals surface area contributed by atoms with Crippen LogP contribution in [0.25, 0.3) is 0 Å². The maximum atomic E-state index is 11.1. The predicted molar refractivity (Wildman–Crippen MR) is 59.0 cm³/mol. The molecule has 0 fully saturated rings. The Labute approximate surface area is 96.8 Å². The molecule has 1 aliphatic rings. The van der Waals surface area contributed by atoms with Crippen molar-refractivity contribution in [3.05, 3.63) is 29.3 Å². The molecular formula is C10H8ClN3O2. The lowest BCUT2D eigenvalue weighted by Gasteiger charge is -1.97. The summed E-state index contributed by atoms with van der Waals surface area (Å²) in [6, 6.07) is 6.08. The van der Waals surface area contributed by atoms with E-state index in [1.807, 2.05) is 0 Å². The number of carbonyl (C=O) groups is 1. The summed E-state index contributed by atoms with van der Waals surface area (Å²) in [6.45, 7) is 1.66. The van der Waals surface area contributed by atoms with Gasteiger partial charge in [0, 0.05) is 5.02 Å². The van der Waals surface area contributed by atoms with Crippen molar-refractivity contribution >= 4 is 29.0 Å². The van der Waals surface area contributed by atoms with Crippen LogP contribution in [-0.2, 0) is 9.63 Å². The van der Waals surface area contributed by atoms with E-state index in [1.54, 1.807) is 31.2 Å². The molecule has 1 atom stereocenters. The fourth-order valence-corrected chi connectivity index (χ4v) is 1.28. The van der Waals surface area contributed by atoms with Crippen LogP contribution in [0.15, 0.2) is 39.6 Å². The molecule has 1 aliphatic heterocycles. The summed E-state index contributed by atoms with van der Waals surface area (Å²) in [5.41, 5.74) is 1.12. The molecule has 5 nitrogen and oxygen atoms in total. The molecular weight excluding hydrogens is 230 g/mol. The molecule has 0 saturated heterocycles. The van der Waals surface area contributed by atoms with Gasteiger partial charge in [0.15, 0.2) is 0 Å². The minimum Gasteiger partial charge on any atom is -0.315 e. The first kappa shape index (κ1) is 10.8. The number of azo groups is 1. The molecule has 0 amide bonds. The topological polar surface area (TPSA) is 63.4 Å². The number of nitrogens with zero attached hydrogens (tertiary/aromatic N) is 3. The fraction of sp³-hybridized carbons (Fsp3) is 0.200. The number of halogens is 1. The third kappa shape index (κ3) is 2.25. The number of hydrogen-bond acceptors (Lipinski definition) is 5. The van der Waals surface area contributed by atoms with E-state index >= 15 is 0 Å². The first-order valence-corrected chi connectivity index (χ1v) is 4.96. The van der Waals surface area contributed by atoms with E-state index < -0.39 is 12.0 Å². The van der Waals surface area contributed by atoms with E-state index in [9.17, 15) is 4.79 Å². The standard InChI is InChI=1S/C10H8ClN3O2/c1-6-9(10(15)16-14-6)13-12-8-4-2-7(11)3-5-8/h2-5,9H,1H3/t9-/m0/s1. The first-order chi connectivity index (χ1) is 7.66. The van der Waals surface area contributed by atoms with Gasteiger partial charge in [0.1, 0.15) is 0 Å². The largest absolute Gasteiger partial charge is 0.367 e. The molecule has 0 bridgehead atoms. The summed E-state index contributed by atoms with van der Waals surface area (Å²) >= 11 is 5.72. The highest BCUT2D eigenvalue weighted by Gasteiger charge is 2.29. The zero-order valence-corrected chi connectivity index (χ0v) is 9.18.